The van der Waals surface area contributed by atoms with E-state index in [9.17, 15) is 0 Å². The van der Waals surface area contributed by atoms with E-state index in [1.165, 1.54) is 19.3 Å². The number of hydrogen-bond acceptors (Lipinski definition) is 3. The summed E-state index contributed by atoms with van der Waals surface area (Å²) in [5, 5.41) is 8.33. The minimum atomic E-state index is 0.916. The van der Waals surface area contributed by atoms with E-state index in [-0.39, 0.29) is 0 Å². The van der Waals surface area contributed by atoms with Crippen LogP contribution in [0, 0.1) is 12.8 Å². The van der Waals surface area contributed by atoms with E-state index in [0.29, 0.717) is 0 Å². The van der Waals surface area contributed by atoms with Crippen molar-refractivity contribution in [1.29, 1.82) is 0 Å². The van der Waals surface area contributed by atoms with Crippen LogP contribution < -0.4 is 4.90 Å². The molecule has 0 aliphatic carbocycles. The lowest BCUT2D eigenvalue weighted by Crippen LogP contribution is -2.34. The number of anilines is 1. The molecule has 1 aliphatic heterocycles. The molecule has 0 atom stereocenters. The summed E-state index contributed by atoms with van der Waals surface area (Å²) in [4.78, 5) is 2.35. The smallest absolute Gasteiger partial charge is 0.151 e. The molecular weight excluding hydrogens is 186 g/mol. The van der Waals surface area contributed by atoms with E-state index >= 15 is 0 Å². The van der Waals surface area contributed by atoms with Crippen molar-refractivity contribution in [3.63, 3.8) is 0 Å². The molecule has 0 saturated carbocycles. The molecule has 3 heteroatoms. The molecule has 0 bridgehead atoms. The zero-order chi connectivity index (χ0) is 10.7. The molecule has 2 rings (SSSR count). The maximum absolute atomic E-state index is 4.23. The Morgan fingerprint density at radius 3 is 2.53 bits per heavy atom. The van der Waals surface area contributed by atoms with Gasteiger partial charge in [0.05, 0.1) is 5.69 Å². The minimum absolute atomic E-state index is 0.916. The molecule has 15 heavy (non-hydrogen) atoms. The Morgan fingerprint density at radius 1 is 1.27 bits per heavy atom. The second-order valence-electron chi connectivity index (χ2n) is 4.37. The third-order valence-corrected chi connectivity index (χ3v) is 3.30. The highest BCUT2D eigenvalue weighted by molar-refractivity contribution is 5.37. The van der Waals surface area contributed by atoms with Gasteiger partial charge in [-0.05, 0) is 37.8 Å². The van der Waals surface area contributed by atoms with Gasteiger partial charge in [-0.2, -0.15) is 5.10 Å². The van der Waals surface area contributed by atoms with Gasteiger partial charge >= 0.3 is 0 Å². The molecule has 0 unspecified atom stereocenters. The predicted octanol–water partition coefficient (Wildman–Crippen LogP) is 2.41. The Labute approximate surface area is 91.5 Å². The first kappa shape index (κ1) is 10.4. The Kier molecular flexibility index (Phi) is 3.19. The molecule has 0 amide bonds. The first-order valence-corrected chi connectivity index (χ1v) is 5.85. The summed E-state index contributed by atoms with van der Waals surface area (Å²) < 4.78 is 0. The summed E-state index contributed by atoms with van der Waals surface area (Å²) in [6, 6.07) is 4.11. The molecule has 0 radical (unpaired) electrons. The van der Waals surface area contributed by atoms with Crippen LogP contribution in [-0.2, 0) is 0 Å². The molecule has 2 heterocycles. The molecule has 1 fully saturated rings. The largest absolute Gasteiger partial charge is 0.355 e. The van der Waals surface area contributed by atoms with Crippen molar-refractivity contribution in [2.45, 2.75) is 33.1 Å². The average Bonchev–Trinajstić information content (AvgIpc) is 2.30. The SMILES string of the molecule is CCC1CCN(c2ccc(C)nn2)CC1. The fraction of sp³-hybridized carbons (Fsp3) is 0.667. The van der Waals surface area contributed by atoms with Crippen molar-refractivity contribution in [2.24, 2.45) is 5.92 Å². The van der Waals surface area contributed by atoms with Crippen LogP contribution in [0.1, 0.15) is 31.9 Å². The fourth-order valence-electron chi connectivity index (χ4n) is 2.13. The van der Waals surface area contributed by atoms with Crippen LogP contribution in [0.25, 0.3) is 0 Å². The van der Waals surface area contributed by atoms with Gasteiger partial charge in [0.25, 0.3) is 0 Å². The van der Waals surface area contributed by atoms with Gasteiger partial charge in [0, 0.05) is 13.1 Å². The molecule has 82 valence electrons. The van der Waals surface area contributed by atoms with Crippen LogP contribution in [0.5, 0.6) is 0 Å². The summed E-state index contributed by atoms with van der Waals surface area (Å²) >= 11 is 0. The number of aryl methyl sites for hydroxylation is 1. The van der Waals surface area contributed by atoms with Gasteiger partial charge in [0.2, 0.25) is 0 Å². The lowest BCUT2D eigenvalue weighted by Gasteiger charge is -2.31. The predicted molar refractivity (Wildman–Crippen MR) is 62.0 cm³/mol. The Bertz CT molecular complexity index is 299. The Balaban J connectivity index is 1.98. The molecule has 1 aliphatic rings. The molecule has 1 aromatic rings. The van der Waals surface area contributed by atoms with Crippen molar-refractivity contribution >= 4 is 5.82 Å². The molecular formula is C12H19N3. The van der Waals surface area contributed by atoms with Crippen molar-refractivity contribution in [2.75, 3.05) is 18.0 Å². The Hall–Kier alpha value is -1.12. The summed E-state index contributed by atoms with van der Waals surface area (Å²) in [5.41, 5.74) is 0.988. The van der Waals surface area contributed by atoms with Crippen LogP contribution in [-0.4, -0.2) is 23.3 Å². The summed E-state index contributed by atoms with van der Waals surface area (Å²) in [7, 11) is 0. The standard InChI is InChI=1S/C12H19N3/c1-3-11-6-8-15(9-7-11)12-5-4-10(2)13-14-12/h4-5,11H,3,6-9H2,1-2H3. The fourth-order valence-corrected chi connectivity index (χ4v) is 2.13. The second-order valence-corrected chi connectivity index (χ2v) is 4.37. The monoisotopic (exact) mass is 205 g/mol. The van der Waals surface area contributed by atoms with E-state index in [0.717, 1.165) is 30.5 Å². The number of nitrogens with zero attached hydrogens (tertiary/aromatic N) is 3. The summed E-state index contributed by atoms with van der Waals surface area (Å²) in [5.74, 6) is 1.95. The Morgan fingerprint density at radius 2 is 2.00 bits per heavy atom. The summed E-state index contributed by atoms with van der Waals surface area (Å²) in [6.07, 6.45) is 3.91. The third-order valence-electron chi connectivity index (χ3n) is 3.30. The lowest BCUT2D eigenvalue weighted by atomic mass is 9.94. The van der Waals surface area contributed by atoms with Crippen LogP contribution in [0.15, 0.2) is 12.1 Å². The van der Waals surface area contributed by atoms with Crippen LogP contribution >= 0.6 is 0 Å². The van der Waals surface area contributed by atoms with Crippen molar-refractivity contribution in [3.8, 4) is 0 Å². The molecule has 0 N–H and O–H groups in total. The molecule has 3 nitrogen and oxygen atoms in total. The molecule has 0 spiro atoms. The van der Waals surface area contributed by atoms with Gasteiger partial charge in [-0.25, -0.2) is 0 Å². The first-order valence-electron chi connectivity index (χ1n) is 5.85. The maximum atomic E-state index is 4.23. The normalized spacial score (nSPS) is 18.1. The van der Waals surface area contributed by atoms with Gasteiger partial charge in [-0.1, -0.05) is 13.3 Å². The first-order chi connectivity index (χ1) is 7.29. The van der Waals surface area contributed by atoms with E-state index in [2.05, 4.69) is 28.1 Å². The third kappa shape index (κ3) is 2.46. The number of rotatable bonds is 2. The maximum Gasteiger partial charge on any atom is 0.151 e. The highest BCUT2D eigenvalue weighted by atomic mass is 15.3. The van der Waals surface area contributed by atoms with Crippen molar-refractivity contribution < 1.29 is 0 Å². The van der Waals surface area contributed by atoms with Gasteiger partial charge in [-0.15, -0.1) is 5.10 Å². The quantitative estimate of drug-likeness (QED) is 0.742. The van der Waals surface area contributed by atoms with Crippen molar-refractivity contribution in [1.82, 2.24) is 10.2 Å². The van der Waals surface area contributed by atoms with Gasteiger partial charge in [0.15, 0.2) is 5.82 Å². The zero-order valence-corrected chi connectivity index (χ0v) is 9.61. The van der Waals surface area contributed by atoms with Crippen LogP contribution in [0.3, 0.4) is 0 Å². The topological polar surface area (TPSA) is 29.0 Å². The van der Waals surface area contributed by atoms with E-state index in [4.69, 9.17) is 0 Å². The summed E-state index contributed by atoms with van der Waals surface area (Å²) in [6.45, 7) is 6.53. The van der Waals surface area contributed by atoms with Gasteiger partial charge in [-0.3, -0.25) is 0 Å². The van der Waals surface area contributed by atoms with E-state index in [1.54, 1.807) is 0 Å². The van der Waals surface area contributed by atoms with E-state index < -0.39 is 0 Å². The number of piperidine rings is 1. The molecule has 1 saturated heterocycles. The van der Waals surface area contributed by atoms with Crippen molar-refractivity contribution in [3.05, 3.63) is 17.8 Å². The highest BCUT2D eigenvalue weighted by Crippen LogP contribution is 2.23. The van der Waals surface area contributed by atoms with Crippen LogP contribution in [0.4, 0.5) is 5.82 Å². The van der Waals surface area contributed by atoms with E-state index in [1.807, 2.05) is 13.0 Å². The second kappa shape index (κ2) is 4.60. The molecule has 0 aromatic carbocycles. The molecule has 1 aromatic heterocycles. The van der Waals surface area contributed by atoms with Crippen LogP contribution in [0.2, 0.25) is 0 Å². The zero-order valence-electron chi connectivity index (χ0n) is 9.61. The van der Waals surface area contributed by atoms with Gasteiger partial charge in [0.1, 0.15) is 0 Å². The lowest BCUT2D eigenvalue weighted by molar-refractivity contribution is 0.393. The average molecular weight is 205 g/mol. The van der Waals surface area contributed by atoms with Gasteiger partial charge < -0.3 is 4.90 Å². The number of aromatic nitrogens is 2. The number of hydrogen-bond donors (Lipinski definition) is 0. The highest BCUT2D eigenvalue weighted by Gasteiger charge is 2.18. The minimum Gasteiger partial charge on any atom is -0.355 e.